The zero-order valence-corrected chi connectivity index (χ0v) is 9.57. The molecule has 0 radical (unpaired) electrons. The minimum Gasteiger partial charge on any atom is -0.491 e. The lowest BCUT2D eigenvalue weighted by Gasteiger charge is -2.10. The second-order valence-electron chi connectivity index (χ2n) is 3.75. The average molecular weight is 208 g/mol. The van der Waals surface area contributed by atoms with Crippen LogP contribution in [0.4, 0.5) is 0 Å². The van der Waals surface area contributed by atoms with E-state index in [0.717, 1.165) is 24.8 Å². The molecule has 1 rings (SSSR count). The minimum atomic E-state index is 0.697. The van der Waals surface area contributed by atoms with Gasteiger partial charge in [0.15, 0.2) is 0 Å². The van der Waals surface area contributed by atoms with Crippen LogP contribution in [0.15, 0.2) is 24.5 Å². The fourth-order valence-electron chi connectivity index (χ4n) is 1.17. The smallest absolute Gasteiger partial charge is 0.137 e. The molecule has 0 fully saturated rings. The Morgan fingerprint density at radius 1 is 1.53 bits per heavy atom. The Morgan fingerprint density at radius 2 is 2.40 bits per heavy atom. The Morgan fingerprint density at radius 3 is 3.07 bits per heavy atom. The fraction of sp³-hybridized carbons (Fsp3) is 0.583. The summed E-state index contributed by atoms with van der Waals surface area (Å²) >= 11 is 0. The van der Waals surface area contributed by atoms with E-state index in [0.29, 0.717) is 6.61 Å². The maximum absolute atomic E-state index is 5.50. The number of hydrogen-bond donors (Lipinski definition) is 1. The van der Waals surface area contributed by atoms with E-state index in [1.165, 1.54) is 6.42 Å². The summed E-state index contributed by atoms with van der Waals surface area (Å²) in [5.74, 6) is 1.58. The van der Waals surface area contributed by atoms with Crippen molar-refractivity contribution in [3.05, 3.63) is 24.5 Å². The summed E-state index contributed by atoms with van der Waals surface area (Å²) in [7, 11) is 0. The third-order valence-corrected chi connectivity index (χ3v) is 2.37. The Labute approximate surface area is 91.9 Å². The van der Waals surface area contributed by atoms with Crippen LogP contribution in [0.25, 0.3) is 0 Å². The van der Waals surface area contributed by atoms with E-state index in [-0.39, 0.29) is 0 Å². The van der Waals surface area contributed by atoms with Crippen LogP contribution in [-0.2, 0) is 0 Å². The van der Waals surface area contributed by atoms with Crippen LogP contribution in [0.1, 0.15) is 20.3 Å². The van der Waals surface area contributed by atoms with Crippen LogP contribution in [0.3, 0.4) is 0 Å². The molecule has 1 atom stereocenters. The zero-order chi connectivity index (χ0) is 10.9. The highest BCUT2D eigenvalue weighted by Crippen LogP contribution is 2.05. The molecule has 3 nitrogen and oxygen atoms in total. The molecule has 0 aliphatic rings. The van der Waals surface area contributed by atoms with Crippen LogP contribution >= 0.6 is 0 Å². The van der Waals surface area contributed by atoms with Gasteiger partial charge in [0.25, 0.3) is 0 Å². The molecule has 0 aromatic carbocycles. The van der Waals surface area contributed by atoms with Crippen LogP contribution < -0.4 is 10.1 Å². The summed E-state index contributed by atoms with van der Waals surface area (Å²) in [5, 5.41) is 3.36. The molecule has 1 aromatic heterocycles. The first-order chi connectivity index (χ1) is 7.33. The second kappa shape index (κ2) is 7.23. The van der Waals surface area contributed by atoms with Crippen molar-refractivity contribution in [3.8, 4) is 5.75 Å². The Balaban J connectivity index is 2.03. The molecule has 3 heteroatoms. The van der Waals surface area contributed by atoms with Crippen molar-refractivity contribution >= 4 is 0 Å². The second-order valence-corrected chi connectivity index (χ2v) is 3.75. The molecule has 0 bridgehead atoms. The predicted octanol–water partition coefficient (Wildman–Crippen LogP) is 2.10. The Bertz CT molecular complexity index is 251. The summed E-state index contributed by atoms with van der Waals surface area (Å²) in [6.45, 7) is 7.10. The lowest BCUT2D eigenvalue weighted by atomic mass is 10.1. The van der Waals surface area contributed by atoms with Crippen molar-refractivity contribution in [3.63, 3.8) is 0 Å². The van der Waals surface area contributed by atoms with Gasteiger partial charge < -0.3 is 10.1 Å². The van der Waals surface area contributed by atoms with E-state index in [9.17, 15) is 0 Å². The zero-order valence-electron chi connectivity index (χ0n) is 9.57. The molecule has 0 amide bonds. The topological polar surface area (TPSA) is 34.1 Å². The average Bonchev–Trinajstić information content (AvgIpc) is 2.29. The maximum atomic E-state index is 5.50. The molecule has 0 saturated heterocycles. The predicted molar refractivity (Wildman–Crippen MR) is 62.1 cm³/mol. The monoisotopic (exact) mass is 208 g/mol. The van der Waals surface area contributed by atoms with Crippen molar-refractivity contribution in [1.29, 1.82) is 0 Å². The van der Waals surface area contributed by atoms with Gasteiger partial charge in [-0.15, -0.1) is 0 Å². The van der Waals surface area contributed by atoms with Gasteiger partial charge in [0.2, 0.25) is 0 Å². The van der Waals surface area contributed by atoms with E-state index in [2.05, 4.69) is 24.1 Å². The maximum Gasteiger partial charge on any atom is 0.137 e. The van der Waals surface area contributed by atoms with Crippen LogP contribution in [0.5, 0.6) is 5.75 Å². The van der Waals surface area contributed by atoms with Gasteiger partial charge >= 0.3 is 0 Å². The summed E-state index contributed by atoms with van der Waals surface area (Å²) in [6.07, 6.45) is 4.69. The molecule has 1 N–H and O–H groups in total. The van der Waals surface area contributed by atoms with Gasteiger partial charge in [-0.2, -0.15) is 0 Å². The number of aromatic nitrogens is 1. The molecule has 15 heavy (non-hydrogen) atoms. The van der Waals surface area contributed by atoms with Gasteiger partial charge in [-0.3, -0.25) is 4.98 Å². The van der Waals surface area contributed by atoms with E-state index < -0.39 is 0 Å². The Hall–Kier alpha value is -1.09. The molecular weight excluding hydrogens is 188 g/mol. The molecule has 0 aliphatic heterocycles. The highest BCUT2D eigenvalue weighted by atomic mass is 16.5. The van der Waals surface area contributed by atoms with Crippen LogP contribution in [0.2, 0.25) is 0 Å². The first-order valence-electron chi connectivity index (χ1n) is 5.56. The van der Waals surface area contributed by atoms with E-state index >= 15 is 0 Å². The van der Waals surface area contributed by atoms with Gasteiger partial charge in [0.1, 0.15) is 12.4 Å². The number of ether oxygens (including phenoxy) is 1. The van der Waals surface area contributed by atoms with Crippen molar-refractivity contribution < 1.29 is 4.74 Å². The van der Waals surface area contributed by atoms with Crippen molar-refractivity contribution in [2.45, 2.75) is 20.3 Å². The van der Waals surface area contributed by atoms with E-state index in [1.54, 1.807) is 12.4 Å². The number of pyridine rings is 1. The molecule has 1 heterocycles. The minimum absolute atomic E-state index is 0.697. The lowest BCUT2D eigenvalue weighted by Crippen LogP contribution is -2.25. The van der Waals surface area contributed by atoms with Crippen molar-refractivity contribution in [2.75, 3.05) is 19.7 Å². The molecule has 0 saturated carbocycles. The molecule has 0 aliphatic carbocycles. The highest BCUT2D eigenvalue weighted by Gasteiger charge is 1.97. The lowest BCUT2D eigenvalue weighted by molar-refractivity contribution is 0.308. The standard InChI is InChI=1S/C12H20N2O/c1-3-11(2)9-14-7-8-15-12-5-4-6-13-10-12/h4-6,10-11,14H,3,7-9H2,1-2H3. The Kier molecular flexibility index (Phi) is 5.78. The van der Waals surface area contributed by atoms with Gasteiger partial charge in [-0.05, 0) is 24.6 Å². The largest absolute Gasteiger partial charge is 0.491 e. The fourth-order valence-corrected chi connectivity index (χ4v) is 1.17. The molecule has 0 spiro atoms. The van der Waals surface area contributed by atoms with Gasteiger partial charge in [-0.25, -0.2) is 0 Å². The van der Waals surface area contributed by atoms with E-state index in [4.69, 9.17) is 4.74 Å². The first kappa shape index (κ1) is 12.0. The van der Waals surface area contributed by atoms with Crippen molar-refractivity contribution in [1.82, 2.24) is 10.3 Å². The molecular formula is C12H20N2O. The third-order valence-electron chi connectivity index (χ3n) is 2.37. The highest BCUT2D eigenvalue weighted by molar-refractivity contribution is 5.15. The van der Waals surface area contributed by atoms with Crippen molar-refractivity contribution in [2.24, 2.45) is 5.92 Å². The molecule has 1 aromatic rings. The summed E-state index contributed by atoms with van der Waals surface area (Å²) in [4.78, 5) is 3.98. The quantitative estimate of drug-likeness (QED) is 0.697. The molecule has 1 unspecified atom stereocenters. The number of nitrogens with one attached hydrogen (secondary N) is 1. The SMILES string of the molecule is CCC(C)CNCCOc1cccnc1. The van der Waals surface area contributed by atoms with Gasteiger partial charge in [0, 0.05) is 12.7 Å². The van der Waals surface area contributed by atoms with Gasteiger partial charge in [-0.1, -0.05) is 20.3 Å². The molecule has 84 valence electrons. The van der Waals surface area contributed by atoms with Crippen LogP contribution in [-0.4, -0.2) is 24.7 Å². The van der Waals surface area contributed by atoms with Crippen LogP contribution in [0, 0.1) is 5.92 Å². The summed E-state index contributed by atoms with van der Waals surface area (Å²) in [5.41, 5.74) is 0. The summed E-state index contributed by atoms with van der Waals surface area (Å²) < 4.78 is 5.50. The first-order valence-corrected chi connectivity index (χ1v) is 5.56. The normalized spacial score (nSPS) is 12.4. The summed E-state index contributed by atoms with van der Waals surface area (Å²) in [6, 6.07) is 3.80. The van der Waals surface area contributed by atoms with Gasteiger partial charge in [0.05, 0.1) is 6.20 Å². The number of nitrogens with zero attached hydrogens (tertiary/aromatic N) is 1. The number of rotatable bonds is 7. The number of hydrogen-bond acceptors (Lipinski definition) is 3. The van der Waals surface area contributed by atoms with E-state index in [1.807, 2.05) is 12.1 Å². The third kappa shape index (κ3) is 5.37.